The van der Waals surface area contributed by atoms with Gasteiger partial charge in [0.25, 0.3) is 5.91 Å². The highest BCUT2D eigenvalue weighted by molar-refractivity contribution is 6.02. The maximum absolute atomic E-state index is 12.6. The van der Waals surface area contributed by atoms with Gasteiger partial charge in [-0.2, -0.15) is 0 Å². The van der Waals surface area contributed by atoms with E-state index in [0.29, 0.717) is 24.7 Å². The van der Waals surface area contributed by atoms with Crippen molar-refractivity contribution in [3.05, 3.63) is 12.1 Å². The van der Waals surface area contributed by atoms with Crippen LogP contribution in [0.1, 0.15) is 33.6 Å². The number of hydrogen-bond acceptors (Lipinski definition) is 5. The van der Waals surface area contributed by atoms with Crippen LogP contribution >= 0.6 is 0 Å². The maximum Gasteiger partial charge on any atom is 0.269 e. The van der Waals surface area contributed by atoms with Crippen molar-refractivity contribution in [1.82, 2.24) is 9.88 Å². The van der Waals surface area contributed by atoms with Crippen LogP contribution < -0.4 is 15.4 Å². The molecule has 0 saturated carbocycles. The zero-order chi connectivity index (χ0) is 17.0. The van der Waals surface area contributed by atoms with Gasteiger partial charge in [-0.05, 0) is 31.9 Å². The smallest absolute Gasteiger partial charge is 0.269 e. The second-order valence-electron chi connectivity index (χ2n) is 5.62. The summed E-state index contributed by atoms with van der Waals surface area (Å²) >= 11 is 0. The monoisotopic (exact) mass is 320 g/mol. The van der Waals surface area contributed by atoms with Crippen LogP contribution in [-0.4, -0.2) is 47.4 Å². The van der Waals surface area contributed by atoms with Crippen LogP contribution in [0, 0.1) is 0 Å². The van der Waals surface area contributed by atoms with Crippen molar-refractivity contribution >= 4 is 23.5 Å². The second-order valence-corrected chi connectivity index (χ2v) is 5.62. The zero-order valence-electron chi connectivity index (χ0n) is 13.9. The highest BCUT2D eigenvalue weighted by Gasteiger charge is 2.34. The normalized spacial score (nSPS) is 16.7. The SMILES string of the molecule is CCCN(CCC)C(=O)CN1C(=O)C(C)Oc2ccc(N)nc21. The largest absolute Gasteiger partial charge is 0.477 e. The number of fused-ring (bicyclic) bond motifs is 1. The number of nitrogens with two attached hydrogens (primary N) is 1. The van der Waals surface area contributed by atoms with E-state index in [4.69, 9.17) is 10.5 Å². The second kappa shape index (κ2) is 7.30. The minimum absolute atomic E-state index is 0.0456. The van der Waals surface area contributed by atoms with E-state index in [2.05, 4.69) is 4.98 Å². The molecule has 1 aromatic heterocycles. The van der Waals surface area contributed by atoms with Gasteiger partial charge >= 0.3 is 0 Å². The van der Waals surface area contributed by atoms with E-state index in [-0.39, 0.29) is 24.2 Å². The fourth-order valence-electron chi connectivity index (χ4n) is 2.59. The molecule has 1 atom stereocenters. The number of pyridine rings is 1. The number of carbonyl (C=O) groups excluding carboxylic acids is 2. The van der Waals surface area contributed by atoms with Gasteiger partial charge in [-0.3, -0.25) is 14.5 Å². The van der Waals surface area contributed by atoms with Gasteiger partial charge in [0.2, 0.25) is 5.91 Å². The van der Waals surface area contributed by atoms with Crippen LogP contribution in [0.2, 0.25) is 0 Å². The molecule has 2 amide bonds. The molecular formula is C16H24N4O3. The first-order valence-corrected chi connectivity index (χ1v) is 8.00. The number of amides is 2. The topological polar surface area (TPSA) is 88.8 Å². The Labute approximate surface area is 136 Å². The van der Waals surface area contributed by atoms with Crippen LogP contribution in [0.4, 0.5) is 11.6 Å². The molecule has 7 nitrogen and oxygen atoms in total. The molecule has 0 fully saturated rings. The van der Waals surface area contributed by atoms with E-state index in [0.717, 1.165) is 12.8 Å². The van der Waals surface area contributed by atoms with Crippen LogP contribution in [0.5, 0.6) is 5.75 Å². The molecule has 126 valence electrons. The lowest BCUT2D eigenvalue weighted by Crippen LogP contribution is -2.50. The van der Waals surface area contributed by atoms with Crippen molar-refractivity contribution in [2.75, 3.05) is 30.3 Å². The summed E-state index contributed by atoms with van der Waals surface area (Å²) in [7, 11) is 0. The van der Waals surface area contributed by atoms with Gasteiger partial charge in [-0.15, -0.1) is 0 Å². The Hall–Kier alpha value is -2.31. The predicted molar refractivity (Wildman–Crippen MR) is 88.3 cm³/mol. The summed E-state index contributed by atoms with van der Waals surface area (Å²) in [6.07, 6.45) is 1.11. The summed E-state index contributed by atoms with van der Waals surface area (Å²) in [6.45, 7) is 7.02. The third kappa shape index (κ3) is 3.72. The molecule has 0 aliphatic carbocycles. The first-order valence-electron chi connectivity index (χ1n) is 8.00. The first-order chi connectivity index (χ1) is 11.0. The number of nitrogen functional groups attached to an aromatic ring is 1. The standard InChI is InChI=1S/C16H24N4O3/c1-4-8-19(9-5-2)14(21)10-20-15-12(6-7-13(17)18-15)23-11(3)16(20)22/h6-7,11H,4-5,8-10H2,1-3H3,(H2,17,18). The van der Waals surface area contributed by atoms with Gasteiger partial charge in [0.15, 0.2) is 17.7 Å². The molecule has 2 heterocycles. The summed E-state index contributed by atoms with van der Waals surface area (Å²) in [6, 6.07) is 3.29. The average Bonchev–Trinajstić information content (AvgIpc) is 2.52. The van der Waals surface area contributed by atoms with Crippen LogP contribution in [0.3, 0.4) is 0 Å². The van der Waals surface area contributed by atoms with Crippen molar-refractivity contribution in [3.63, 3.8) is 0 Å². The van der Waals surface area contributed by atoms with E-state index in [1.165, 1.54) is 4.90 Å². The van der Waals surface area contributed by atoms with Crippen molar-refractivity contribution in [3.8, 4) is 5.75 Å². The number of anilines is 2. The number of rotatable bonds is 6. The van der Waals surface area contributed by atoms with E-state index >= 15 is 0 Å². The summed E-state index contributed by atoms with van der Waals surface area (Å²) in [5.74, 6) is 0.695. The highest BCUT2D eigenvalue weighted by Crippen LogP contribution is 2.32. The lowest BCUT2D eigenvalue weighted by molar-refractivity contribution is -0.133. The third-order valence-electron chi connectivity index (χ3n) is 3.67. The summed E-state index contributed by atoms with van der Waals surface area (Å²) < 4.78 is 5.53. The van der Waals surface area contributed by atoms with E-state index in [1.54, 1.807) is 24.0 Å². The lowest BCUT2D eigenvalue weighted by atomic mass is 10.2. The Morgan fingerprint density at radius 1 is 1.35 bits per heavy atom. The molecule has 0 spiro atoms. The van der Waals surface area contributed by atoms with Crippen LogP contribution in [-0.2, 0) is 9.59 Å². The number of nitrogens with zero attached hydrogens (tertiary/aromatic N) is 3. The molecule has 1 aromatic rings. The molecular weight excluding hydrogens is 296 g/mol. The molecule has 1 unspecified atom stereocenters. The van der Waals surface area contributed by atoms with E-state index in [9.17, 15) is 9.59 Å². The molecule has 1 aliphatic rings. The van der Waals surface area contributed by atoms with Gasteiger partial charge in [-0.1, -0.05) is 13.8 Å². The fourth-order valence-corrected chi connectivity index (χ4v) is 2.59. The Bertz CT molecular complexity index is 585. The fraction of sp³-hybridized carbons (Fsp3) is 0.562. The molecule has 1 aliphatic heterocycles. The Kier molecular flexibility index (Phi) is 5.41. The molecule has 23 heavy (non-hydrogen) atoms. The number of carbonyl (C=O) groups is 2. The molecule has 2 rings (SSSR count). The Morgan fingerprint density at radius 3 is 2.61 bits per heavy atom. The first kappa shape index (κ1) is 17.1. The molecule has 0 saturated heterocycles. The van der Waals surface area contributed by atoms with Crippen LogP contribution in [0.25, 0.3) is 0 Å². The quantitative estimate of drug-likeness (QED) is 0.856. The highest BCUT2D eigenvalue weighted by atomic mass is 16.5. The predicted octanol–water partition coefficient (Wildman–Crippen LogP) is 1.43. The average molecular weight is 320 g/mol. The summed E-state index contributed by atoms with van der Waals surface area (Å²) in [5, 5.41) is 0. The molecule has 7 heteroatoms. The van der Waals surface area contributed by atoms with E-state index in [1.807, 2.05) is 13.8 Å². The molecule has 0 bridgehead atoms. The van der Waals surface area contributed by atoms with Crippen molar-refractivity contribution in [2.45, 2.75) is 39.7 Å². The van der Waals surface area contributed by atoms with Crippen molar-refractivity contribution < 1.29 is 14.3 Å². The number of ether oxygens (including phenoxy) is 1. The molecule has 2 N–H and O–H groups in total. The van der Waals surface area contributed by atoms with Crippen molar-refractivity contribution in [1.29, 1.82) is 0 Å². The minimum atomic E-state index is -0.647. The lowest BCUT2D eigenvalue weighted by Gasteiger charge is -2.33. The summed E-state index contributed by atoms with van der Waals surface area (Å²) in [5.41, 5.74) is 5.71. The molecule has 0 aromatic carbocycles. The molecule has 0 radical (unpaired) electrons. The van der Waals surface area contributed by atoms with Gasteiger partial charge in [0.05, 0.1) is 0 Å². The minimum Gasteiger partial charge on any atom is -0.477 e. The Balaban J connectivity index is 2.25. The van der Waals surface area contributed by atoms with E-state index < -0.39 is 6.10 Å². The van der Waals surface area contributed by atoms with Gasteiger partial charge in [0.1, 0.15) is 12.4 Å². The Morgan fingerprint density at radius 2 is 2.00 bits per heavy atom. The third-order valence-corrected chi connectivity index (χ3v) is 3.67. The maximum atomic E-state index is 12.6. The van der Waals surface area contributed by atoms with Crippen molar-refractivity contribution in [2.24, 2.45) is 0 Å². The number of aromatic nitrogens is 1. The van der Waals surface area contributed by atoms with Gasteiger partial charge in [-0.25, -0.2) is 4.98 Å². The number of hydrogen-bond donors (Lipinski definition) is 1. The van der Waals surface area contributed by atoms with Gasteiger partial charge in [0, 0.05) is 13.1 Å². The zero-order valence-corrected chi connectivity index (χ0v) is 13.9. The van der Waals surface area contributed by atoms with Gasteiger partial charge < -0.3 is 15.4 Å². The van der Waals surface area contributed by atoms with Crippen LogP contribution in [0.15, 0.2) is 12.1 Å². The summed E-state index contributed by atoms with van der Waals surface area (Å²) in [4.78, 5) is 32.3.